The van der Waals surface area contributed by atoms with Crippen molar-refractivity contribution in [3.63, 3.8) is 0 Å². The Morgan fingerprint density at radius 1 is 1.24 bits per heavy atom. The Hall–Kier alpha value is -2.59. The number of nitrogens with one attached hydrogen (secondary N) is 1. The van der Waals surface area contributed by atoms with E-state index in [2.05, 4.69) is 21.4 Å². The molecule has 0 aliphatic heterocycles. The molecule has 0 saturated heterocycles. The van der Waals surface area contributed by atoms with Gasteiger partial charge in [-0.05, 0) is 45.0 Å². The predicted molar refractivity (Wildman–Crippen MR) is 101 cm³/mol. The molecule has 0 unspecified atom stereocenters. The minimum Gasteiger partial charge on any atom is -0.378 e. The van der Waals surface area contributed by atoms with Crippen LogP contribution in [0.1, 0.15) is 24.0 Å². The van der Waals surface area contributed by atoms with E-state index in [1.165, 1.54) is 11.8 Å². The molecule has 0 bridgehead atoms. The van der Waals surface area contributed by atoms with E-state index >= 15 is 0 Å². The number of rotatable bonds is 5. The van der Waals surface area contributed by atoms with Crippen molar-refractivity contribution >= 4 is 29.0 Å². The van der Waals surface area contributed by atoms with Crippen molar-refractivity contribution < 1.29 is 4.79 Å². The van der Waals surface area contributed by atoms with Gasteiger partial charge in [0.15, 0.2) is 0 Å². The maximum absolute atomic E-state index is 12.4. The highest BCUT2D eigenvalue weighted by atomic mass is 32.2. The van der Waals surface area contributed by atoms with Crippen LogP contribution in [-0.2, 0) is 4.79 Å². The molecule has 1 heterocycles. The van der Waals surface area contributed by atoms with Gasteiger partial charge in [0.25, 0.3) is 0 Å². The molecule has 2 aromatic rings. The number of aryl methyl sites for hydroxylation is 2. The molecule has 2 rings (SSSR count). The number of nitriles is 1. The molecular weight excluding hydrogens is 334 g/mol. The van der Waals surface area contributed by atoms with Gasteiger partial charge >= 0.3 is 0 Å². The highest BCUT2D eigenvalue weighted by Gasteiger charge is 2.19. The Morgan fingerprint density at radius 2 is 1.88 bits per heavy atom. The molecule has 6 nitrogen and oxygen atoms in total. The number of hydrogen-bond acceptors (Lipinski definition) is 6. The minimum atomic E-state index is -0.394. The van der Waals surface area contributed by atoms with Crippen LogP contribution < -0.4 is 10.2 Å². The molecule has 0 spiro atoms. The highest BCUT2D eigenvalue weighted by molar-refractivity contribution is 8.00. The van der Waals surface area contributed by atoms with Crippen molar-refractivity contribution in [3.05, 3.63) is 41.3 Å². The summed E-state index contributed by atoms with van der Waals surface area (Å²) in [5, 5.41) is 12.3. The average Bonchev–Trinajstić information content (AvgIpc) is 2.54. The topological polar surface area (TPSA) is 81.9 Å². The summed E-state index contributed by atoms with van der Waals surface area (Å²) in [5.74, 6) is 0.450. The third kappa shape index (κ3) is 4.70. The van der Waals surface area contributed by atoms with E-state index in [1.54, 1.807) is 20.8 Å². The lowest BCUT2D eigenvalue weighted by Gasteiger charge is -2.15. The SMILES string of the molecule is Cc1nc(C)c(C#N)c(S[C@H](C)C(=O)Nc2ccc(N(C)C)cc2)n1. The first-order chi connectivity index (χ1) is 11.8. The number of benzene rings is 1. The van der Waals surface area contributed by atoms with E-state index in [4.69, 9.17) is 0 Å². The van der Waals surface area contributed by atoms with Crippen LogP contribution in [0.5, 0.6) is 0 Å². The van der Waals surface area contributed by atoms with Crippen LogP contribution in [0.2, 0.25) is 0 Å². The zero-order chi connectivity index (χ0) is 18.6. The second-order valence-corrected chi connectivity index (χ2v) is 7.17. The summed E-state index contributed by atoms with van der Waals surface area (Å²) in [6, 6.07) is 9.74. The van der Waals surface area contributed by atoms with E-state index in [0.717, 1.165) is 11.4 Å². The molecule has 7 heteroatoms. The van der Waals surface area contributed by atoms with Crippen LogP contribution in [-0.4, -0.2) is 35.2 Å². The molecule has 1 amide bonds. The molecule has 1 aromatic heterocycles. The summed E-state index contributed by atoms with van der Waals surface area (Å²) in [6.45, 7) is 5.34. The van der Waals surface area contributed by atoms with E-state index in [0.29, 0.717) is 22.1 Å². The third-order valence-corrected chi connectivity index (χ3v) is 4.68. The lowest BCUT2D eigenvalue weighted by molar-refractivity contribution is -0.115. The smallest absolute Gasteiger partial charge is 0.237 e. The molecule has 25 heavy (non-hydrogen) atoms. The maximum Gasteiger partial charge on any atom is 0.237 e. The number of thioether (sulfide) groups is 1. The molecule has 0 saturated carbocycles. The van der Waals surface area contributed by atoms with Gasteiger partial charge in [-0.25, -0.2) is 9.97 Å². The number of nitrogens with zero attached hydrogens (tertiary/aromatic N) is 4. The first kappa shape index (κ1) is 18.7. The predicted octanol–water partition coefficient (Wildman–Crippen LogP) is 3.15. The normalized spacial score (nSPS) is 11.5. The van der Waals surface area contributed by atoms with Gasteiger partial charge in [-0.15, -0.1) is 0 Å². The molecule has 1 aromatic carbocycles. The summed E-state index contributed by atoms with van der Waals surface area (Å²) in [7, 11) is 3.93. The van der Waals surface area contributed by atoms with Crippen LogP contribution >= 0.6 is 11.8 Å². The fourth-order valence-corrected chi connectivity index (χ4v) is 3.20. The van der Waals surface area contributed by atoms with E-state index in [-0.39, 0.29) is 5.91 Å². The van der Waals surface area contributed by atoms with Crippen molar-refractivity contribution in [1.82, 2.24) is 9.97 Å². The molecule has 0 aliphatic rings. The number of amides is 1. The Balaban J connectivity index is 2.09. The lowest BCUT2D eigenvalue weighted by Crippen LogP contribution is -2.23. The van der Waals surface area contributed by atoms with Crippen molar-refractivity contribution in [2.45, 2.75) is 31.0 Å². The molecule has 0 radical (unpaired) electrons. The number of carbonyl (C=O) groups excluding carboxylic acids is 1. The quantitative estimate of drug-likeness (QED) is 0.655. The van der Waals surface area contributed by atoms with Crippen molar-refractivity contribution in [2.24, 2.45) is 0 Å². The lowest BCUT2D eigenvalue weighted by atomic mass is 10.2. The zero-order valence-corrected chi connectivity index (χ0v) is 15.8. The Bertz CT molecular complexity index is 811. The fourth-order valence-electron chi connectivity index (χ4n) is 2.20. The van der Waals surface area contributed by atoms with Gasteiger partial charge in [0.05, 0.1) is 10.9 Å². The Morgan fingerprint density at radius 3 is 2.44 bits per heavy atom. The van der Waals surface area contributed by atoms with E-state index in [9.17, 15) is 10.1 Å². The van der Waals surface area contributed by atoms with Crippen LogP contribution in [0.3, 0.4) is 0 Å². The Kier molecular flexibility index (Phi) is 5.99. The average molecular weight is 355 g/mol. The molecule has 0 aliphatic carbocycles. The number of anilines is 2. The van der Waals surface area contributed by atoms with Crippen LogP contribution in [0.15, 0.2) is 29.3 Å². The van der Waals surface area contributed by atoms with E-state index < -0.39 is 5.25 Å². The van der Waals surface area contributed by atoms with Crippen LogP contribution in [0.25, 0.3) is 0 Å². The molecule has 130 valence electrons. The number of aromatic nitrogens is 2. The molecule has 0 fully saturated rings. The summed E-state index contributed by atoms with van der Waals surface area (Å²) < 4.78 is 0. The summed E-state index contributed by atoms with van der Waals surface area (Å²) >= 11 is 1.26. The second-order valence-electron chi connectivity index (χ2n) is 5.84. The van der Waals surface area contributed by atoms with Crippen molar-refractivity contribution in [2.75, 3.05) is 24.3 Å². The monoisotopic (exact) mass is 355 g/mol. The molecule has 1 atom stereocenters. The second kappa shape index (κ2) is 7.99. The first-order valence-electron chi connectivity index (χ1n) is 7.82. The van der Waals surface area contributed by atoms with Gasteiger partial charge in [0.1, 0.15) is 22.5 Å². The first-order valence-corrected chi connectivity index (χ1v) is 8.70. The van der Waals surface area contributed by atoms with Gasteiger partial charge in [-0.3, -0.25) is 4.79 Å². The maximum atomic E-state index is 12.4. The number of carbonyl (C=O) groups is 1. The zero-order valence-electron chi connectivity index (χ0n) is 15.0. The van der Waals surface area contributed by atoms with E-state index in [1.807, 2.05) is 43.3 Å². The Labute approximate surface area is 152 Å². The fraction of sp³-hybridized carbons (Fsp3) is 0.333. The van der Waals surface area contributed by atoms with Gasteiger partial charge < -0.3 is 10.2 Å². The highest BCUT2D eigenvalue weighted by Crippen LogP contribution is 2.27. The largest absolute Gasteiger partial charge is 0.378 e. The van der Waals surface area contributed by atoms with Gasteiger partial charge in [0, 0.05) is 25.5 Å². The summed E-state index contributed by atoms with van der Waals surface area (Å²) in [5.41, 5.74) is 2.85. The standard InChI is InChI=1S/C18H21N5OS/c1-11-16(10-19)18(21-13(3)20-11)25-12(2)17(24)22-14-6-8-15(9-7-14)23(4)5/h6-9,12H,1-5H3,(H,22,24)/t12-/m1/s1. The summed E-state index contributed by atoms with van der Waals surface area (Å²) in [4.78, 5) is 22.9. The van der Waals surface area contributed by atoms with Gasteiger partial charge in [-0.1, -0.05) is 11.8 Å². The van der Waals surface area contributed by atoms with Crippen LogP contribution in [0, 0.1) is 25.2 Å². The summed E-state index contributed by atoms with van der Waals surface area (Å²) in [6.07, 6.45) is 0. The van der Waals surface area contributed by atoms with Crippen LogP contribution in [0.4, 0.5) is 11.4 Å². The number of hydrogen-bond donors (Lipinski definition) is 1. The molecular formula is C18H21N5OS. The van der Waals surface area contributed by atoms with Gasteiger partial charge in [0.2, 0.25) is 5.91 Å². The van der Waals surface area contributed by atoms with Crippen molar-refractivity contribution in [3.8, 4) is 6.07 Å². The van der Waals surface area contributed by atoms with Crippen molar-refractivity contribution in [1.29, 1.82) is 5.26 Å². The minimum absolute atomic E-state index is 0.139. The van der Waals surface area contributed by atoms with Gasteiger partial charge in [-0.2, -0.15) is 5.26 Å². The molecule has 1 N–H and O–H groups in total. The third-order valence-electron chi connectivity index (χ3n) is 3.59.